The van der Waals surface area contributed by atoms with Gasteiger partial charge in [0, 0.05) is 19.6 Å². The molecular formula is C27H32N2O6. The van der Waals surface area contributed by atoms with Gasteiger partial charge >= 0.3 is 12.1 Å². The van der Waals surface area contributed by atoms with Gasteiger partial charge in [-0.1, -0.05) is 48.5 Å². The zero-order valence-corrected chi connectivity index (χ0v) is 20.1. The molecule has 35 heavy (non-hydrogen) atoms. The average Bonchev–Trinajstić information content (AvgIpc) is 3.64. The Balaban J connectivity index is 1.27. The van der Waals surface area contributed by atoms with E-state index >= 15 is 0 Å². The summed E-state index contributed by atoms with van der Waals surface area (Å²) in [4.78, 5) is 36.3. The molecule has 0 saturated heterocycles. The second kappa shape index (κ2) is 10.5. The molecule has 8 heteroatoms. The molecule has 0 heterocycles. The third kappa shape index (κ3) is 5.82. The van der Waals surface area contributed by atoms with Crippen molar-refractivity contribution in [1.29, 1.82) is 0 Å². The summed E-state index contributed by atoms with van der Waals surface area (Å²) in [5, 5.41) is 14.8. The highest BCUT2D eigenvalue weighted by Crippen LogP contribution is 2.44. The van der Waals surface area contributed by atoms with Crippen LogP contribution in [0.5, 0.6) is 0 Å². The number of hydrogen-bond donors (Lipinski definition) is 3. The minimum absolute atomic E-state index is 0.00207. The van der Waals surface area contributed by atoms with Crippen molar-refractivity contribution in [2.45, 2.75) is 50.2 Å². The van der Waals surface area contributed by atoms with Crippen molar-refractivity contribution in [3.05, 3.63) is 59.7 Å². The van der Waals surface area contributed by atoms with Crippen LogP contribution < -0.4 is 10.6 Å². The van der Waals surface area contributed by atoms with Crippen LogP contribution in [0.1, 0.15) is 49.7 Å². The minimum atomic E-state index is -0.945. The van der Waals surface area contributed by atoms with Gasteiger partial charge in [-0.2, -0.15) is 0 Å². The first-order valence-electron chi connectivity index (χ1n) is 11.9. The zero-order chi connectivity index (χ0) is 25.0. The van der Waals surface area contributed by atoms with Crippen LogP contribution in [0, 0.1) is 5.92 Å². The molecule has 3 N–H and O–H groups in total. The van der Waals surface area contributed by atoms with Gasteiger partial charge < -0.3 is 25.2 Å². The summed E-state index contributed by atoms with van der Waals surface area (Å²) in [6, 6.07) is 16.2. The molecule has 2 unspecified atom stereocenters. The van der Waals surface area contributed by atoms with Gasteiger partial charge in [0.1, 0.15) is 6.61 Å². The molecule has 0 aromatic heterocycles. The first kappa shape index (κ1) is 24.7. The lowest BCUT2D eigenvalue weighted by Gasteiger charge is -2.30. The summed E-state index contributed by atoms with van der Waals surface area (Å²) in [7, 11) is 1.47. The quantitative estimate of drug-likeness (QED) is 0.452. The summed E-state index contributed by atoms with van der Waals surface area (Å²) in [6.07, 6.45) is 0.537. The summed E-state index contributed by atoms with van der Waals surface area (Å²) in [5.41, 5.74) is 3.80. The highest BCUT2D eigenvalue weighted by Gasteiger charge is 2.44. The molecule has 2 amide bonds. The monoisotopic (exact) mass is 480 g/mol. The molecule has 2 atom stereocenters. The smallest absolute Gasteiger partial charge is 0.407 e. The molecule has 0 aliphatic heterocycles. The van der Waals surface area contributed by atoms with Crippen LogP contribution in [0.25, 0.3) is 11.1 Å². The number of alkyl carbamates (subject to hydrolysis) is 1. The highest BCUT2D eigenvalue weighted by molar-refractivity contribution is 5.80. The summed E-state index contributed by atoms with van der Waals surface area (Å²) < 4.78 is 10.9. The first-order valence-corrected chi connectivity index (χ1v) is 11.9. The van der Waals surface area contributed by atoms with E-state index in [1.165, 1.54) is 7.11 Å². The predicted octanol–water partition coefficient (Wildman–Crippen LogP) is 3.69. The Morgan fingerprint density at radius 3 is 2.20 bits per heavy atom. The SMILES string of the molecule is COC(CNC(=O)OCC1c2ccccc2-c2ccccc21)CC(=O)NC(C)(CC(=O)O)C1CC1. The maximum absolute atomic E-state index is 12.6. The molecule has 2 aliphatic rings. The number of carboxylic acid groups (broad SMARTS) is 1. The molecule has 2 aromatic rings. The molecule has 1 fully saturated rings. The number of carboxylic acids is 1. The summed E-state index contributed by atoms with van der Waals surface area (Å²) in [6.45, 7) is 2.07. The Morgan fingerprint density at radius 2 is 1.66 bits per heavy atom. The number of amides is 2. The Hall–Kier alpha value is -3.39. The van der Waals surface area contributed by atoms with Crippen molar-refractivity contribution >= 4 is 18.0 Å². The number of benzene rings is 2. The third-order valence-electron chi connectivity index (χ3n) is 6.99. The van der Waals surface area contributed by atoms with Crippen LogP contribution >= 0.6 is 0 Å². The van der Waals surface area contributed by atoms with Crippen LogP contribution in [-0.2, 0) is 19.1 Å². The number of carbonyl (C=O) groups excluding carboxylic acids is 2. The fraction of sp³-hybridized carbons (Fsp3) is 0.444. The van der Waals surface area contributed by atoms with Crippen molar-refractivity contribution in [3.8, 4) is 11.1 Å². The first-order chi connectivity index (χ1) is 16.8. The van der Waals surface area contributed by atoms with E-state index in [4.69, 9.17) is 9.47 Å². The van der Waals surface area contributed by atoms with E-state index in [0.29, 0.717) is 0 Å². The van der Waals surface area contributed by atoms with Gasteiger partial charge in [-0.25, -0.2) is 4.79 Å². The molecule has 4 rings (SSSR count). The van der Waals surface area contributed by atoms with E-state index in [9.17, 15) is 19.5 Å². The number of carbonyl (C=O) groups is 3. The predicted molar refractivity (Wildman–Crippen MR) is 130 cm³/mol. The number of ether oxygens (including phenoxy) is 2. The van der Waals surface area contributed by atoms with Gasteiger partial charge in [-0.05, 0) is 47.9 Å². The number of aliphatic carboxylic acids is 1. The minimum Gasteiger partial charge on any atom is -0.481 e. The number of rotatable bonds is 11. The third-order valence-corrected chi connectivity index (χ3v) is 6.99. The van der Waals surface area contributed by atoms with Crippen molar-refractivity contribution in [2.24, 2.45) is 5.92 Å². The van der Waals surface area contributed by atoms with Gasteiger partial charge in [-0.3, -0.25) is 9.59 Å². The van der Waals surface area contributed by atoms with Crippen molar-refractivity contribution in [1.82, 2.24) is 10.6 Å². The van der Waals surface area contributed by atoms with E-state index < -0.39 is 23.7 Å². The van der Waals surface area contributed by atoms with E-state index in [1.54, 1.807) is 6.92 Å². The molecule has 0 spiro atoms. The van der Waals surface area contributed by atoms with Crippen molar-refractivity contribution < 1.29 is 29.0 Å². The Morgan fingerprint density at radius 1 is 1.06 bits per heavy atom. The molecule has 0 bridgehead atoms. The van der Waals surface area contributed by atoms with Crippen LogP contribution in [0.2, 0.25) is 0 Å². The van der Waals surface area contributed by atoms with E-state index in [1.807, 2.05) is 24.3 Å². The summed E-state index contributed by atoms with van der Waals surface area (Å²) >= 11 is 0. The lowest BCUT2D eigenvalue weighted by atomic mass is 9.91. The molecule has 186 valence electrons. The average molecular weight is 481 g/mol. The topological polar surface area (TPSA) is 114 Å². The molecule has 2 aliphatic carbocycles. The van der Waals surface area contributed by atoms with E-state index in [2.05, 4.69) is 34.9 Å². The second-order valence-electron chi connectivity index (χ2n) is 9.58. The van der Waals surface area contributed by atoms with Gasteiger partial charge in [0.2, 0.25) is 5.91 Å². The van der Waals surface area contributed by atoms with Gasteiger partial charge in [-0.15, -0.1) is 0 Å². The number of fused-ring (bicyclic) bond motifs is 3. The fourth-order valence-corrected chi connectivity index (χ4v) is 4.99. The number of nitrogens with one attached hydrogen (secondary N) is 2. The fourth-order valence-electron chi connectivity index (χ4n) is 4.99. The van der Waals surface area contributed by atoms with Gasteiger partial charge in [0.15, 0.2) is 0 Å². The zero-order valence-electron chi connectivity index (χ0n) is 20.1. The second-order valence-corrected chi connectivity index (χ2v) is 9.58. The Labute approximate surface area is 205 Å². The Bertz CT molecular complexity index is 1050. The standard InChI is InChI=1S/C27H32N2O6/c1-27(14-25(31)32,17-11-12-17)29-24(30)13-18(34-2)15-28-26(33)35-16-23-21-9-5-3-7-19(21)20-8-4-6-10-22(20)23/h3-10,17-18,23H,11-16H2,1-2H3,(H,28,33)(H,29,30)(H,31,32). The largest absolute Gasteiger partial charge is 0.481 e. The number of hydrogen-bond acceptors (Lipinski definition) is 5. The maximum Gasteiger partial charge on any atom is 0.407 e. The molecule has 2 aromatic carbocycles. The maximum atomic E-state index is 12.6. The highest BCUT2D eigenvalue weighted by atomic mass is 16.5. The van der Waals surface area contributed by atoms with E-state index in [0.717, 1.165) is 35.1 Å². The molecule has 1 saturated carbocycles. The van der Waals surface area contributed by atoms with Crippen LogP contribution in [0.15, 0.2) is 48.5 Å². The van der Waals surface area contributed by atoms with Gasteiger partial charge in [0.05, 0.1) is 24.5 Å². The summed E-state index contributed by atoms with van der Waals surface area (Å²) in [5.74, 6) is -1.12. The number of methoxy groups -OCH3 is 1. The molecular weight excluding hydrogens is 448 g/mol. The molecule has 0 radical (unpaired) electrons. The van der Waals surface area contributed by atoms with Crippen LogP contribution in [-0.4, -0.2) is 55.0 Å². The van der Waals surface area contributed by atoms with Gasteiger partial charge in [0.25, 0.3) is 0 Å². The Kier molecular flexibility index (Phi) is 7.40. The normalized spacial score (nSPS) is 17.0. The van der Waals surface area contributed by atoms with Crippen LogP contribution in [0.3, 0.4) is 0 Å². The van der Waals surface area contributed by atoms with Crippen molar-refractivity contribution in [3.63, 3.8) is 0 Å². The van der Waals surface area contributed by atoms with Crippen LogP contribution in [0.4, 0.5) is 4.79 Å². The lowest BCUT2D eigenvalue weighted by Crippen LogP contribution is -2.50. The lowest BCUT2D eigenvalue weighted by molar-refractivity contribution is -0.139. The molecule has 8 nitrogen and oxygen atoms in total. The van der Waals surface area contributed by atoms with Crippen molar-refractivity contribution in [2.75, 3.05) is 20.3 Å². The van der Waals surface area contributed by atoms with E-state index in [-0.39, 0.29) is 43.7 Å².